The number of nitrogens with zero attached hydrogens (tertiary/aromatic N) is 2. The number of carbonyl (C=O) groups is 2. The van der Waals surface area contributed by atoms with Gasteiger partial charge in [-0.1, -0.05) is 17.7 Å². The Bertz CT molecular complexity index is 697. The number of hydrogen-bond acceptors (Lipinski definition) is 4. The van der Waals surface area contributed by atoms with Crippen LogP contribution in [0.5, 0.6) is 0 Å². The second-order valence-corrected chi connectivity index (χ2v) is 4.95. The Morgan fingerprint density at radius 2 is 2.10 bits per heavy atom. The number of esters is 1. The third kappa shape index (κ3) is 3.41. The predicted octanol–water partition coefficient (Wildman–Crippen LogP) is 1.86. The van der Waals surface area contributed by atoms with E-state index in [1.54, 1.807) is 35.9 Å². The number of aromatic nitrogens is 2. The van der Waals surface area contributed by atoms with E-state index >= 15 is 0 Å². The Kier molecular flexibility index (Phi) is 4.28. The molecule has 0 unspecified atom stereocenters. The topological polar surface area (TPSA) is 87.2 Å². The summed E-state index contributed by atoms with van der Waals surface area (Å²) in [6.07, 6.45) is -1.01. The number of hydrogen-bond donors (Lipinski definition) is 1. The van der Waals surface area contributed by atoms with Crippen molar-refractivity contribution < 1.29 is 14.3 Å². The highest BCUT2D eigenvalue weighted by Crippen LogP contribution is 2.17. The maximum Gasteiger partial charge on any atom is 0.359 e. The molecule has 0 aliphatic rings. The smallest absolute Gasteiger partial charge is 0.359 e. The van der Waals surface area contributed by atoms with E-state index in [0.29, 0.717) is 5.02 Å². The highest BCUT2D eigenvalue weighted by molar-refractivity contribution is 6.30. The molecule has 0 bridgehead atoms. The summed E-state index contributed by atoms with van der Waals surface area (Å²) in [6, 6.07) is 8.63. The number of nitrogens with two attached hydrogens (primary N) is 1. The summed E-state index contributed by atoms with van der Waals surface area (Å²) in [7, 11) is 0. The molecule has 1 aromatic heterocycles. The van der Waals surface area contributed by atoms with E-state index in [0.717, 1.165) is 11.4 Å². The zero-order valence-corrected chi connectivity index (χ0v) is 12.3. The highest BCUT2D eigenvalue weighted by Gasteiger charge is 2.19. The van der Waals surface area contributed by atoms with Gasteiger partial charge in [0.1, 0.15) is 0 Å². The summed E-state index contributed by atoms with van der Waals surface area (Å²) >= 11 is 5.94. The lowest BCUT2D eigenvalue weighted by molar-refractivity contribution is -0.125. The fourth-order valence-electron chi connectivity index (χ4n) is 1.72. The van der Waals surface area contributed by atoms with Gasteiger partial charge >= 0.3 is 5.97 Å². The quantitative estimate of drug-likeness (QED) is 0.873. The van der Waals surface area contributed by atoms with Crippen molar-refractivity contribution in [2.24, 2.45) is 5.73 Å². The number of primary amides is 1. The zero-order valence-electron chi connectivity index (χ0n) is 11.5. The molecule has 21 heavy (non-hydrogen) atoms. The van der Waals surface area contributed by atoms with Crippen LogP contribution in [0.25, 0.3) is 5.69 Å². The second-order valence-electron chi connectivity index (χ2n) is 4.51. The molecule has 6 nitrogen and oxygen atoms in total. The molecule has 0 aliphatic carbocycles. The molecule has 0 aliphatic heterocycles. The first-order chi connectivity index (χ1) is 9.88. The fraction of sp³-hybridized carbons (Fsp3) is 0.214. The van der Waals surface area contributed by atoms with Gasteiger partial charge in [0, 0.05) is 10.7 Å². The van der Waals surface area contributed by atoms with Crippen LogP contribution in [0.4, 0.5) is 0 Å². The molecule has 110 valence electrons. The Labute approximate surface area is 126 Å². The normalized spacial score (nSPS) is 12.0. The third-order valence-electron chi connectivity index (χ3n) is 2.83. The molecule has 1 atom stereocenters. The standard InChI is InChI=1S/C14H14ClN3O3/c1-8-6-12(14(20)21-9(2)13(16)19)17-18(8)11-5-3-4-10(15)7-11/h3-7,9H,1-2H3,(H2,16,19)/t9-/m0/s1. The van der Waals surface area contributed by atoms with Gasteiger partial charge in [-0.05, 0) is 38.1 Å². The Morgan fingerprint density at radius 1 is 1.38 bits per heavy atom. The second kappa shape index (κ2) is 5.97. The predicted molar refractivity (Wildman–Crippen MR) is 77.4 cm³/mol. The van der Waals surface area contributed by atoms with Crippen LogP contribution in [0.3, 0.4) is 0 Å². The maximum absolute atomic E-state index is 11.9. The van der Waals surface area contributed by atoms with Gasteiger partial charge in [0.25, 0.3) is 5.91 Å². The monoisotopic (exact) mass is 307 g/mol. The number of benzene rings is 1. The van der Waals surface area contributed by atoms with E-state index in [1.165, 1.54) is 6.92 Å². The maximum atomic E-state index is 11.9. The van der Waals surface area contributed by atoms with Gasteiger partial charge in [0.15, 0.2) is 11.8 Å². The van der Waals surface area contributed by atoms with Crippen LogP contribution in [0.15, 0.2) is 30.3 Å². The molecule has 1 aromatic carbocycles. The van der Waals surface area contributed by atoms with E-state index in [9.17, 15) is 9.59 Å². The number of ether oxygens (including phenoxy) is 1. The van der Waals surface area contributed by atoms with Gasteiger partial charge in [0.2, 0.25) is 0 Å². The number of carbonyl (C=O) groups excluding carboxylic acids is 2. The van der Waals surface area contributed by atoms with Crippen LogP contribution in [0.2, 0.25) is 5.02 Å². The van der Waals surface area contributed by atoms with Crippen molar-refractivity contribution in [3.63, 3.8) is 0 Å². The molecular formula is C14H14ClN3O3. The largest absolute Gasteiger partial charge is 0.448 e. The van der Waals surface area contributed by atoms with E-state index in [2.05, 4.69) is 5.10 Å². The van der Waals surface area contributed by atoms with Gasteiger partial charge in [-0.25, -0.2) is 9.48 Å². The van der Waals surface area contributed by atoms with Gasteiger partial charge in [-0.2, -0.15) is 5.10 Å². The first-order valence-corrected chi connectivity index (χ1v) is 6.59. The first kappa shape index (κ1) is 15.1. The summed E-state index contributed by atoms with van der Waals surface area (Å²) in [5, 5.41) is 4.73. The van der Waals surface area contributed by atoms with Gasteiger partial charge in [0.05, 0.1) is 5.69 Å². The van der Waals surface area contributed by atoms with Crippen molar-refractivity contribution in [3.8, 4) is 5.69 Å². The average molecular weight is 308 g/mol. The molecule has 1 heterocycles. The molecule has 0 saturated carbocycles. The van der Waals surface area contributed by atoms with Crippen molar-refractivity contribution in [2.45, 2.75) is 20.0 Å². The van der Waals surface area contributed by atoms with Gasteiger partial charge in [-0.15, -0.1) is 0 Å². The Morgan fingerprint density at radius 3 is 2.71 bits per heavy atom. The van der Waals surface area contributed by atoms with Gasteiger partial charge in [-0.3, -0.25) is 4.79 Å². The summed E-state index contributed by atoms with van der Waals surface area (Å²) in [5.41, 5.74) is 6.60. The van der Waals surface area contributed by atoms with Crippen molar-refractivity contribution in [1.82, 2.24) is 9.78 Å². The summed E-state index contributed by atoms with van der Waals surface area (Å²) in [4.78, 5) is 22.8. The zero-order chi connectivity index (χ0) is 15.6. The lowest BCUT2D eigenvalue weighted by Gasteiger charge is -2.07. The summed E-state index contributed by atoms with van der Waals surface area (Å²) in [5.74, 6) is -1.42. The van der Waals surface area contributed by atoms with E-state index < -0.39 is 18.0 Å². The third-order valence-corrected chi connectivity index (χ3v) is 3.07. The van der Waals surface area contributed by atoms with E-state index in [4.69, 9.17) is 22.1 Å². The minimum atomic E-state index is -1.01. The van der Waals surface area contributed by atoms with Crippen molar-refractivity contribution in [3.05, 3.63) is 46.7 Å². The average Bonchev–Trinajstić information content (AvgIpc) is 2.80. The Hall–Kier alpha value is -2.34. The van der Waals surface area contributed by atoms with Gasteiger partial charge < -0.3 is 10.5 Å². The minimum absolute atomic E-state index is 0.0978. The number of halogens is 1. The number of amides is 1. The lowest BCUT2D eigenvalue weighted by Crippen LogP contribution is -2.30. The first-order valence-electron chi connectivity index (χ1n) is 6.21. The molecule has 0 spiro atoms. The summed E-state index contributed by atoms with van der Waals surface area (Å²) in [6.45, 7) is 3.20. The molecule has 2 rings (SSSR count). The van der Waals surface area contributed by atoms with Crippen LogP contribution in [-0.2, 0) is 9.53 Å². The molecular weight excluding hydrogens is 294 g/mol. The van der Waals surface area contributed by atoms with Crippen LogP contribution in [0.1, 0.15) is 23.1 Å². The lowest BCUT2D eigenvalue weighted by atomic mass is 10.3. The molecule has 2 N–H and O–H groups in total. The van der Waals surface area contributed by atoms with Crippen LogP contribution in [0, 0.1) is 6.92 Å². The SMILES string of the molecule is Cc1cc(C(=O)O[C@@H](C)C(N)=O)nn1-c1cccc(Cl)c1. The van der Waals surface area contributed by atoms with Crippen molar-refractivity contribution in [1.29, 1.82) is 0 Å². The van der Waals surface area contributed by atoms with E-state index in [1.807, 2.05) is 6.07 Å². The van der Waals surface area contributed by atoms with Crippen molar-refractivity contribution in [2.75, 3.05) is 0 Å². The molecule has 0 saturated heterocycles. The van der Waals surface area contributed by atoms with Crippen molar-refractivity contribution >= 4 is 23.5 Å². The van der Waals surface area contributed by atoms with E-state index in [-0.39, 0.29) is 5.69 Å². The molecule has 2 aromatic rings. The number of aryl methyl sites for hydroxylation is 1. The summed E-state index contributed by atoms with van der Waals surface area (Å²) < 4.78 is 6.48. The number of rotatable bonds is 4. The molecule has 1 amide bonds. The Balaban J connectivity index is 2.27. The van der Waals surface area contributed by atoms with Crippen LogP contribution < -0.4 is 5.73 Å². The molecule has 7 heteroatoms. The molecule has 0 radical (unpaired) electrons. The minimum Gasteiger partial charge on any atom is -0.448 e. The molecule has 0 fully saturated rings. The van der Waals surface area contributed by atoms with Crippen LogP contribution in [-0.4, -0.2) is 27.8 Å². The highest BCUT2D eigenvalue weighted by atomic mass is 35.5. The fourth-order valence-corrected chi connectivity index (χ4v) is 1.91. The van der Waals surface area contributed by atoms with Crippen LogP contribution >= 0.6 is 11.6 Å².